The van der Waals surface area contributed by atoms with Crippen molar-refractivity contribution in [3.63, 3.8) is 0 Å². The smallest absolute Gasteiger partial charge is 0.289 e. The maximum atomic E-state index is 12.3. The van der Waals surface area contributed by atoms with Crippen LogP contribution in [0.15, 0.2) is 33.6 Å². The second-order valence-electron chi connectivity index (χ2n) is 4.88. The summed E-state index contributed by atoms with van der Waals surface area (Å²) in [6.07, 6.45) is 2.83. The van der Waals surface area contributed by atoms with Crippen molar-refractivity contribution in [2.45, 2.75) is 6.92 Å². The van der Waals surface area contributed by atoms with E-state index >= 15 is 0 Å². The van der Waals surface area contributed by atoms with Crippen LogP contribution in [0, 0.1) is 6.92 Å². The van der Waals surface area contributed by atoms with E-state index in [-0.39, 0.29) is 11.8 Å². The Morgan fingerprint density at radius 3 is 2.33 bits per heavy atom. The maximum Gasteiger partial charge on any atom is 0.289 e. The number of piperazine rings is 1. The second-order valence-corrected chi connectivity index (χ2v) is 4.88. The molecule has 110 valence electrons. The Kier molecular flexibility index (Phi) is 3.47. The molecule has 0 aromatic carbocycles. The highest BCUT2D eigenvalue weighted by Gasteiger charge is 2.27. The zero-order valence-corrected chi connectivity index (χ0v) is 11.6. The van der Waals surface area contributed by atoms with Crippen molar-refractivity contribution in [1.82, 2.24) is 15.0 Å². The lowest BCUT2D eigenvalue weighted by atomic mass is 10.2. The Balaban J connectivity index is 1.62. The Morgan fingerprint density at radius 1 is 1.14 bits per heavy atom. The van der Waals surface area contributed by atoms with Crippen LogP contribution in [0.3, 0.4) is 0 Å². The molecule has 3 heterocycles. The molecule has 3 rings (SSSR count). The van der Waals surface area contributed by atoms with Gasteiger partial charge in [0.1, 0.15) is 11.8 Å². The van der Waals surface area contributed by atoms with Gasteiger partial charge in [0.25, 0.3) is 11.8 Å². The van der Waals surface area contributed by atoms with E-state index in [9.17, 15) is 9.59 Å². The van der Waals surface area contributed by atoms with Crippen LogP contribution in [0.25, 0.3) is 0 Å². The number of amides is 2. The zero-order chi connectivity index (χ0) is 14.8. The molecule has 0 N–H and O–H groups in total. The summed E-state index contributed by atoms with van der Waals surface area (Å²) in [5, 5.41) is 3.71. The molecule has 7 heteroatoms. The van der Waals surface area contributed by atoms with Crippen molar-refractivity contribution in [2.24, 2.45) is 0 Å². The molecule has 21 heavy (non-hydrogen) atoms. The summed E-state index contributed by atoms with van der Waals surface area (Å²) in [6, 6.07) is 3.32. The molecular formula is C14H15N3O4. The zero-order valence-electron chi connectivity index (χ0n) is 11.6. The summed E-state index contributed by atoms with van der Waals surface area (Å²) in [4.78, 5) is 27.8. The number of rotatable bonds is 2. The Hall–Kier alpha value is -2.57. The molecule has 1 aliphatic rings. The van der Waals surface area contributed by atoms with Gasteiger partial charge >= 0.3 is 0 Å². The lowest BCUT2D eigenvalue weighted by Crippen LogP contribution is -2.50. The molecule has 0 radical (unpaired) electrons. The van der Waals surface area contributed by atoms with Crippen molar-refractivity contribution in [1.29, 1.82) is 0 Å². The molecule has 1 aliphatic heterocycles. The van der Waals surface area contributed by atoms with Gasteiger partial charge in [-0.2, -0.15) is 0 Å². The summed E-state index contributed by atoms with van der Waals surface area (Å²) in [5.74, 6) is 0.0664. The number of aryl methyl sites for hydroxylation is 1. The van der Waals surface area contributed by atoms with Crippen LogP contribution in [0.4, 0.5) is 0 Å². The lowest BCUT2D eigenvalue weighted by molar-refractivity contribution is 0.0517. The topological polar surface area (TPSA) is 79.8 Å². The highest BCUT2D eigenvalue weighted by molar-refractivity contribution is 5.95. The van der Waals surface area contributed by atoms with Crippen LogP contribution in [0.1, 0.15) is 26.6 Å². The van der Waals surface area contributed by atoms with Gasteiger partial charge in [-0.15, -0.1) is 0 Å². The fourth-order valence-corrected chi connectivity index (χ4v) is 2.34. The van der Waals surface area contributed by atoms with Crippen LogP contribution in [-0.4, -0.2) is 52.9 Å². The molecule has 7 nitrogen and oxygen atoms in total. The van der Waals surface area contributed by atoms with Crippen molar-refractivity contribution >= 4 is 11.8 Å². The number of nitrogens with zero attached hydrogens (tertiary/aromatic N) is 3. The first-order chi connectivity index (χ1) is 10.2. The van der Waals surface area contributed by atoms with Crippen molar-refractivity contribution in [3.8, 4) is 0 Å². The summed E-state index contributed by atoms with van der Waals surface area (Å²) < 4.78 is 9.90. The molecule has 2 aromatic heterocycles. The van der Waals surface area contributed by atoms with Gasteiger partial charge in [-0.3, -0.25) is 9.59 Å². The summed E-state index contributed by atoms with van der Waals surface area (Å²) >= 11 is 0. The average Bonchev–Trinajstić information content (AvgIpc) is 3.17. The highest BCUT2D eigenvalue weighted by Crippen LogP contribution is 2.13. The van der Waals surface area contributed by atoms with E-state index in [1.54, 1.807) is 28.9 Å². The third-order valence-corrected chi connectivity index (χ3v) is 3.57. The number of carbonyl (C=O) groups excluding carboxylic acids is 2. The highest BCUT2D eigenvalue weighted by atomic mass is 16.5. The molecule has 0 bridgehead atoms. The van der Waals surface area contributed by atoms with Gasteiger partial charge in [0.15, 0.2) is 5.76 Å². The Morgan fingerprint density at radius 2 is 1.81 bits per heavy atom. The van der Waals surface area contributed by atoms with Crippen LogP contribution in [-0.2, 0) is 0 Å². The van der Waals surface area contributed by atoms with Crippen molar-refractivity contribution in [2.75, 3.05) is 26.2 Å². The van der Waals surface area contributed by atoms with E-state index in [1.807, 2.05) is 0 Å². The summed E-state index contributed by atoms with van der Waals surface area (Å²) in [6.45, 7) is 3.66. The third-order valence-electron chi connectivity index (χ3n) is 3.57. The minimum Gasteiger partial charge on any atom is -0.459 e. The lowest BCUT2D eigenvalue weighted by Gasteiger charge is -2.34. The van der Waals surface area contributed by atoms with Crippen molar-refractivity contribution < 1.29 is 18.5 Å². The van der Waals surface area contributed by atoms with Gasteiger partial charge in [-0.1, -0.05) is 5.16 Å². The summed E-state index contributed by atoms with van der Waals surface area (Å²) in [5.41, 5.74) is 1.05. The minimum atomic E-state index is -0.145. The number of aromatic nitrogens is 1. The molecule has 2 aromatic rings. The minimum absolute atomic E-state index is 0.112. The van der Waals surface area contributed by atoms with Crippen molar-refractivity contribution in [3.05, 3.63) is 41.7 Å². The molecule has 1 saturated heterocycles. The molecule has 0 unspecified atom stereocenters. The molecule has 0 saturated carbocycles. The number of carbonyl (C=O) groups is 2. The maximum absolute atomic E-state index is 12.3. The molecule has 0 spiro atoms. The van der Waals surface area contributed by atoms with E-state index in [4.69, 9.17) is 8.94 Å². The fourth-order valence-electron chi connectivity index (χ4n) is 2.34. The van der Waals surface area contributed by atoms with Gasteiger partial charge in [-0.25, -0.2) is 0 Å². The SMILES string of the molecule is Cc1nocc1C(=O)N1CCN(C(=O)c2ccco2)CC1. The molecule has 2 amide bonds. The van der Waals surface area contributed by atoms with Crippen LogP contribution in [0.5, 0.6) is 0 Å². The third kappa shape index (κ3) is 2.54. The van der Waals surface area contributed by atoms with Gasteiger partial charge in [0.05, 0.1) is 12.0 Å². The second kappa shape index (κ2) is 5.43. The fraction of sp³-hybridized carbons (Fsp3) is 0.357. The van der Waals surface area contributed by atoms with E-state index in [1.165, 1.54) is 12.5 Å². The quantitative estimate of drug-likeness (QED) is 0.829. The number of hydrogen-bond donors (Lipinski definition) is 0. The average molecular weight is 289 g/mol. The molecule has 1 fully saturated rings. The van der Waals surface area contributed by atoms with E-state index in [0.29, 0.717) is 43.2 Å². The van der Waals surface area contributed by atoms with E-state index < -0.39 is 0 Å². The predicted molar refractivity (Wildman–Crippen MR) is 71.8 cm³/mol. The number of hydrogen-bond acceptors (Lipinski definition) is 5. The first-order valence-electron chi connectivity index (χ1n) is 6.70. The van der Waals surface area contributed by atoms with Crippen LogP contribution >= 0.6 is 0 Å². The first kappa shape index (κ1) is 13.4. The Bertz CT molecular complexity index is 639. The monoisotopic (exact) mass is 289 g/mol. The standard InChI is InChI=1S/C14H15N3O4/c1-10-11(9-21-15-10)13(18)16-4-6-17(7-5-16)14(19)12-3-2-8-20-12/h2-3,8-9H,4-7H2,1H3. The van der Waals surface area contributed by atoms with Crippen LogP contribution < -0.4 is 0 Å². The Labute approximate surface area is 121 Å². The predicted octanol–water partition coefficient (Wildman–Crippen LogP) is 1.17. The number of furan rings is 1. The molecule has 0 aliphatic carbocycles. The normalized spacial score (nSPS) is 15.3. The summed E-state index contributed by atoms with van der Waals surface area (Å²) in [7, 11) is 0. The largest absolute Gasteiger partial charge is 0.459 e. The van der Waals surface area contributed by atoms with Gasteiger partial charge < -0.3 is 18.7 Å². The van der Waals surface area contributed by atoms with E-state index in [0.717, 1.165) is 0 Å². The first-order valence-corrected chi connectivity index (χ1v) is 6.70. The van der Waals surface area contributed by atoms with Gasteiger partial charge in [-0.05, 0) is 19.1 Å². The van der Waals surface area contributed by atoms with E-state index in [2.05, 4.69) is 5.16 Å². The molecular weight excluding hydrogens is 274 g/mol. The van der Waals surface area contributed by atoms with Crippen LogP contribution in [0.2, 0.25) is 0 Å². The van der Waals surface area contributed by atoms with Gasteiger partial charge in [0, 0.05) is 26.2 Å². The molecule has 0 atom stereocenters. The van der Waals surface area contributed by atoms with Gasteiger partial charge in [0.2, 0.25) is 0 Å².